The molecule has 180 valence electrons. The molecule has 1 aromatic heterocycles. The van der Waals surface area contributed by atoms with E-state index in [9.17, 15) is 9.59 Å². The van der Waals surface area contributed by atoms with Crippen LogP contribution in [0.4, 0.5) is 4.79 Å². The molecule has 1 aliphatic carbocycles. The van der Waals surface area contributed by atoms with Gasteiger partial charge in [0.1, 0.15) is 6.54 Å². The minimum Gasteiger partial charge on any atom is -0.345 e. The van der Waals surface area contributed by atoms with Gasteiger partial charge in [-0.15, -0.1) is 0 Å². The van der Waals surface area contributed by atoms with Gasteiger partial charge in [-0.05, 0) is 50.5 Å². The van der Waals surface area contributed by atoms with E-state index < -0.39 is 0 Å². The van der Waals surface area contributed by atoms with E-state index in [4.69, 9.17) is 11.6 Å². The van der Waals surface area contributed by atoms with Gasteiger partial charge >= 0.3 is 6.03 Å². The minimum atomic E-state index is -0.135. The first-order chi connectivity index (χ1) is 15.8. The van der Waals surface area contributed by atoms with Crippen molar-refractivity contribution in [1.29, 1.82) is 0 Å². The number of benzene rings is 1. The van der Waals surface area contributed by atoms with Gasteiger partial charge in [-0.2, -0.15) is 0 Å². The van der Waals surface area contributed by atoms with E-state index in [0.29, 0.717) is 13.1 Å². The number of halogens is 1. The molecule has 0 atom stereocenters. The Bertz CT molecular complexity index is 934. The van der Waals surface area contributed by atoms with Crippen LogP contribution in [0.3, 0.4) is 0 Å². The maximum Gasteiger partial charge on any atom is 0.320 e. The van der Waals surface area contributed by atoms with Gasteiger partial charge in [0.15, 0.2) is 0 Å². The molecule has 1 aromatic carbocycles. The summed E-state index contributed by atoms with van der Waals surface area (Å²) in [4.78, 5) is 31.5. The van der Waals surface area contributed by atoms with Gasteiger partial charge in [0.25, 0.3) is 0 Å². The van der Waals surface area contributed by atoms with Gasteiger partial charge in [-0.25, -0.2) is 4.79 Å². The van der Waals surface area contributed by atoms with Crippen LogP contribution in [0.1, 0.15) is 57.2 Å². The number of nitrogens with zero attached hydrogens (tertiary/aromatic N) is 4. The maximum absolute atomic E-state index is 13.6. The summed E-state index contributed by atoms with van der Waals surface area (Å²) < 4.78 is 2.16. The molecule has 0 spiro atoms. The summed E-state index contributed by atoms with van der Waals surface area (Å²) in [5, 5.41) is 0.743. The van der Waals surface area contributed by atoms with Crippen molar-refractivity contribution >= 4 is 23.5 Å². The molecule has 3 rings (SSSR count). The molecule has 0 unspecified atom stereocenters. The first-order valence-electron chi connectivity index (χ1n) is 11.9. The Hall–Kier alpha value is -2.47. The predicted molar refractivity (Wildman–Crippen MR) is 133 cm³/mol. The summed E-state index contributed by atoms with van der Waals surface area (Å²) >= 11 is 6.39. The average Bonchev–Trinajstić information content (AvgIpc) is 3.23. The predicted octanol–water partition coefficient (Wildman–Crippen LogP) is 5.24. The molecule has 2 aromatic rings. The molecule has 33 heavy (non-hydrogen) atoms. The Kier molecular flexibility index (Phi) is 8.84. The molecule has 3 amide bonds. The summed E-state index contributed by atoms with van der Waals surface area (Å²) in [5.41, 5.74) is 2.12. The minimum absolute atomic E-state index is 0.0105. The average molecular weight is 473 g/mol. The van der Waals surface area contributed by atoms with E-state index in [2.05, 4.69) is 10.6 Å². The number of aromatic nitrogens is 1. The van der Waals surface area contributed by atoms with E-state index in [1.54, 1.807) is 19.0 Å². The second kappa shape index (κ2) is 11.6. The second-order valence-corrected chi connectivity index (χ2v) is 9.84. The van der Waals surface area contributed by atoms with Crippen LogP contribution in [0, 0.1) is 0 Å². The lowest BCUT2D eigenvalue weighted by Gasteiger charge is -2.37. The zero-order valence-corrected chi connectivity index (χ0v) is 21.1. The fourth-order valence-corrected chi connectivity index (χ4v) is 4.71. The van der Waals surface area contributed by atoms with Crippen LogP contribution in [-0.4, -0.2) is 63.9 Å². The van der Waals surface area contributed by atoms with Gasteiger partial charge in [-0.3, -0.25) is 4.79 Å². The van der Waals surface area contributed by atoms with Gasteiger partial charge in [-0.1, -0.05) is 49.1 Å². The molecule has 1 aliphatic rings. The Morgan fingerprint density at radius 1 is 1.06 bits per heavy atom. The van der Waals surface area contributed by atoms with Crippen LogP contribution in [0.2, 0.25) is 5.02 Å². The highest BCUT2D eigenvalue weighted by Crippen LogP contribution is 2.25. The zero-order valence-electron chi connectivity index (χ0n) is 20.3. The molecule has 0 bridgehead atoms. The smallest absolute Gasteiger partial charge is 0.320 e. The molecule has 1 fully saturated rings. The number of carbonyl (C=O) groups is 2. The number of rotatable bonds is 8. The lowest BCUT2D eigenvalue weighted by Crippen LogP contribution is -2.51. The summed E-state index contributed by atoms with van der Waals surface area (Å²) in [6.45, 7) is 5.19. The van der Waals surface area contributed by atoms with Crippen molar-refractivity contribution in [3.05, 3.63) is 58.9 Å². The van der Waals surface area contributed by atoms with Gasteiger partial charge in [0.2, 0.25) is 5.91 Å². The third-order valence-electron chi connectivity index (χ3n) is 6.45. The Balaban J connectivity index is 1.82. The fourth-order valence-electron chi connectivity index (χ4n) is 4.51. The first-order valence-corrected chi connectivity index (χ1v) is 12.3. The molecule has 1 heterocycles. The molecule has 6 nitrogen and oxygen atoms in total. The van der Waals surface area contributed by atoms with Crippen LogP contribution < -0.4 is 0 Å². The number of carbonyl (C=O) groups excluding carboxylic acids is 2. The normalized spacial score (nSPS) is 14.4. The molecular weight excluding hydrogens is 436 g/mol. The summed E-state index contributed by atoms with van der Waals surface area (Å²) in [6, 6.07) is 12.0. The monoisotopic (exact) mass is 472 g/mol. The quantitative estimate of drug-likeness (QED) is 0.527. The van der Waals surface area contributed by atoms with Crippen LogP contribution in [-0.2, 0) is 17.9 Å². The van der Waals surface area contributed by atoms with Crippen molar-refractivity contribution in [3.63, 3.8) is 0 Å². The van der Waals surface area contributed by atoms with Crippen molar-refractivity contribution < 1.29 is 9.59 Å². The third-order valence-corrected chi connectivity index (χ3v) is 6.82. The standard InChI is InChI=1S/C26H37ClN4O2/c1-20(2)30(26(33)28(3)4)19-25(32)31(22-12-6-5-7-13-22)18-23-14-10-16-29(23)17-21-11-8-9-15-24(21)27/h8-11,14-16,20,22H,5-7,12-13,17-19H2,1-4H3. The van der Waals surface area contributed by atoms with E-state index in [1.165, 1.54) is 11.3 Å². The largest absolute Gasteiger partial charge is 0.345 e. The van der Waals surface area contributed by atoms with Gasteiger partial charge < -0.3 is 19.3 Å². The van der Waals surface area contributed by atoms with Crippen LogP contribution in [0.5, 0.6) is 0 Å². The Labute approximate surface area is 203 Å². The van der Waals surface area contributed by atoms with Crippen molar-refractivity contribution in [1.82, 2.24) is 19.3 Å². The molecule has 0 aliphatic heterocycles. The van der Waals surface area contributed by atoms with E-state index >= 15 is 0 Å². The van der Waals surface area contributed by atoms with Crippen molar-refractivity contribution in [3.8, 4) is 0 Å². The van der Waals surface area contributed by atoms with Gasteiger partial charge in [0.05, 0.1) is 6.54 Å². The van der Waals surface area contributed by atoms with E-state index in [-0.39, 0.29) is 30.6 Å². The number of hydrogen-bond donors (Lipinski definition) is 0. The van der Waals surface area contributed by atoms with Crippen molar-refractivity contribution in [2.45, 2.75) is 71.1 Å². The highest BCUT2D eigenvalue weighted by atomic mass is 35.5. The summed E-state index contributed by atoms with van der Waals surface area (Å²) in [7, 11) is 3.45. The molecule has 0 N–H and O–H groups in total. The Morgan fingerprint density at radius 3 is 2.39 bits per heavy atom. The third kappa shape index (κ3) is 6.53. The SMILES string of the molecule is CC(C)N(CC(=O)N(Cc1cccn1Cc1ccccc1Cl)C1CCCCC1)C(=O)N(C)C. The first kappa shape index (κ1) is 25.2. The summed E-state index contributed by atoms with van der Waals surface area (Å²) in [6.07, 6.45) is 7.57. The lowest BCUT2D eigenvalue weighted by molar-refractivity contribution is -0.136. The summed E-state index contributed by atoms with van der Waals surface area (Å²) in [5.74, 6) is 0.0105. The van der Waals surface area contributed by atoms with E-state index in [1.807, 2.05) is 55.3 Å². The van der Waals surface area contributed by atoms with Crippen molar-refractivity contribution in [2.24, 2.45) is 0 Å². The van der Waals surface area contributed by atoms with Gasteiger partial charge in [0, 0.05) is 49.6 Å². The molecule has 0 radical (unpaired) electrons. The molecule has 1 saturated carbocycles. The lowest BCUT2D eigenvalue weighted by atomic mass is 9.94. The highest BCUT2D eigenvalue weighted by Gasteiger charge is 2.30. The number of hydrogen-bond acceptors (Lipinski definition) is 2. The zero-order chi connectivity index (χ0) is 24.0. The van der Waals surface area contributed by atoms with Crippen LogP contribution >= 0.6 is 11.6 Å². The Morgan fingerprint density at radius 2 is 1.76 bits per heavy atom. The van der Waals surface area contributed by atoms with Crippen LogP contribution in [0.25, 0.3) is 0 Å². The highest BCUT2D eigenvalue weighted by molar-refractivity contribution is 6.31. The fraction of sp³-hybridized carbons (Fsp3) is 0.538. The van der Waals surface area contributed by atoms with Crippen LogP contribution in [0.15, 0.2) is 42.6 Å². The van der Waals surface area contributed by atoms with E-state index in [0.717, 1.165) is 42.0 Å². The number of urea groups is 1. The van der Waals surface area contributed by atoms with Crippen molar-refractivity contribution in [2.75, 3.05) is 20.6 Å². The molecular formula is C26H37ClN4O2. The second-order valence-electron chi connectivity index (χ2n) is 9.43. The topological polar surface area (TPSA) is 48.8 Å². The molecule has 0 saturated heterocycles. The maximum atomic E-state index is 13.6. The number of amides is 3. The molecule has 7 heteroatoms.